The van der Waals surface area contributed by atoms with Crippen LogP contribution in [-0.4, -0.2) is 31.9 Å². The van der Waals surface area contributed by atoms with Gasteiger partial charge in [-0.1, -0.05) is 42.1 Å². The van der Waals surface area contributed by atoms with Gasteiger partial charge < -0.3 is 5.32 Å². The number of aromatic nitrogens is 4. The zero-order chi connectivity index (χ0) is 13.5. The van der Waals surface area contributed by atoms with Crippen molar-refractivity contribution in [1.82, 2.24) is 25.5 Å². The molecule has 7 heteroatoms. The van der Waals surface area contributed by atoms with Crippen LogP contribution in [0.5, 0.6) is 0 Å². The van der Waals surface area contributed by atoms with Crippen molar-refractivity contribution in [1.29, 1.82) is 0 Å². The number of hydrogen-bond donors (Lipinski definition) is 1. The Kier molecular flexibility index (Phi) is 4.91. The molecule has 0 radical (unpaired) electrons. The summed E-state index contributed by atoms with van der Waals surface area (Å²) < 4.78 is 1.66. The van der Waals surface area contributed by atoms with Gasteiger partial charge in [-0.05, 0) is 22.9 Å². The summed E-state index contributed by atoms with van der Waals surface area (Å²) in [7, 11) is 0. The second-order valence-corrected chi connectivity index (χ2v) is 4.77. The number of rotatable bonds is 6. The smallest absolute Gasteiger partial charge is 0.230 e. The molecular formula is C12H15N5OS. The average Bonchev–Trinajstić information content (AvgIpc) is 2.91. The van der Waals surface area contributed by atoms with Crippen molar-refractivity contribution >= 4 is 17.7 Å². The molecule has 100 valence electrons. The maximum absolute atomic E-state index is 11.7. The van der Waals surface area contributed by atoms with Crippen LogP contribution in [0.15, 0.2) is 35.5 Å². The molecule has 0 atom stereocenters. The third-order valence-electron chi connectivity index (χ3n) is 2.46. The van der Waals surface area contributed by atoms with Gasteiger partial charge in [0.25, 0.3) is 0 Å². The minimum atomic E-state index is -0.0282. The fourth-order valence-electron chi connectivity index (χ4n) is 1.48. The lowest BCUT2D eigenvalue weighted by Crippen LogP contribution is -2.24. The quantitative estimate of drug-likeness (QED) is 0.801. The molecule has 1 aromatic carbocycles. The molecule has 19 heavy (non-hydrogen) atoms. The lowest BCUT2D eigenvalue weighted by atomic mass is 10.2. The van der Waals surface area contributed by atoms with E-state index in [0.29, 0.717) is 24.0 Å². The summed E-state index contributed by atoms with van der Waals surface area (Å²) in [4.78, 5) is 11.7. The van der Waals surface area contributed by atoms with Gasteiger partial charge in [0.05, 0.1) is 5.75 Å². The van der Waals surface area contributed by atoms with Crippen LogP contribution >= 0.6 is 11.8 Å². The Morgan fingerprint density at radius 2 is 2.16 bits per heavy atom. The Hall–Kier alpha value is -1.89. The highest BCUT2D eigenvalue weighted by atomic mass is 32.2. The Morgan fingerprint density at radius 3 is 2.89 bits per heavy atom. The van der Waals surface area contributed by atoms with Crippen molar-refractivity contribution in [3.63, 3.8) is 0 Å². The number of aryl methyl sites for hydroxylation is 1. The first-order valence-electron chi connectivity index (χ1n) is 5.99. The molecule has 0 fully saturated rings. The van der Waals surface area contributed by atoms with E-state index in [0.717, 1.165) is 5.56 Å². The van der Waals surface area contributed by atoms with Gasteiger partial charge in [0.15, 0.2) is 0 Å². The number of nitrogens with one attached hydrogen (secondary N) is 1. The van der Waals surface area contributed by atoms with Gasteiger partial charge in [0, 0.05) is 13.1 Å². The number of thioether (sulfide) groups is 1. The van der Waals surface area contributed by atoms with Gasteiger partial charge >= 0.3 is 0 Å². The predicted octanol–water partition coefficient (Wildman–Crippen LogP) is 1.10. The van der Waals surface area contributed by atoms with E-state index in [-0.39, 0.29) is 5.91 Å². The Balaban J connectivity index is 1.76. The second-order valence-electron chi connectivity index (χ2n) is 3.83. The molecule has 1 N–H and O–H groups in total. The van der Waals surface area contributed by atoms with E-state index in [1.165, 1.54) is 11.8 Å². The van der Waals surface area contributed by atoms with Crippen molar-refractivity contribution < 1.29 is 4.79 Å². The lowest BCUT2D eigenvalue weighted by molar-refractivity contribution is -0.118. The van der Waals surface area contributed by atoms with Crippen LogP contribution < -0.4 is 5.32 Å². The lowest BCUT2D eigenvalue weighted by Gasteiger charge is -2.04. The SMILES string of the molecule is CCn1nnnc1SCC(=O)NCc1ccccc1. The van der Waals surface area contributed by atoms with Crippen molar-refractivity contribution in [3.8, 4) is 0 Å². The molecule has 0 saturated heterocycles. The molecule has 0 aliphatic heterocycles. The fourth-order valence-corrected chi connectivity index (χ4v) is 2.25. The number of nitrogens with zero attached hydrogens (tertiary/aromatic N) is 4. The number of hydrogen-bond acceptors (Lipinski definition) is 5. The highest BCUT2D eigenvalue weighted by Crippen LogP contribution is 2.12. The van der Waals surface area contributed by atoms with Gasteiger partial charge in [-0.15, -0.1) is 5.10 Å². The molecule has 0 spiro atoms. The van der Waals surface area contributed by atoms with Crippen LogP contribution in [0.4, 0.5) is 0 Å². The third-order valence-corrected chi connectivity index (χ3v) is 3.42. The largest absolute Gasteiger partial charge is 0.351 e. The maximum atomic E-state index is 11.7. The number of carbonyl (C=O) groups excluding carboxylic acids is 1. The van der Waals surface area contributed by atoms with E-state index in [2.05, 4.69) is 20.8 Å². The summed E-state index contributed by atoms with van der Waals surface area (Å²) in [5.74, 6) is 0.284. The van der Waals surface area contributed by atoms with Crippen molar-refractivity contribution in [2.45, 2.75) is 25.2 Å². The van der Waals surface area contributed by atoms with Gasteiger partial charge in [-0.2, -0.15) is 0 Å². The summed E-state index contributed by atoms with van der Waals surface area (Å²) in [5.41, 5.74) is 1.08. The summed E-state index contributed by atoms with van der Waals surface area (Å²) in [6, 6.07) is 9.80. The molecule has 1 heterocycles. The van der Waals surface area contributed by atoms with Crippen molar-refractivity contribution in [2.24, 2.45) is 0 Å². The molecule has 0 bridgehead atoms. The fraction of sp³-hybridized carbons (Fsp3) is 0.333. The second kappa shape index (κ2) is 6.89. The van der Waals surface area contributed by atoms with Gasteiger partial charge in [0.1, 0.15) is 0 Å². The minimum absolute atomic E-state index is 0.0282. The highest BCUT2D eigenvalue weighted by molar-refractivity contribution is 7.99. The zero-order valence-corrected chi connectivity index (χ0v) is 11.4. The van der Waals surface area contributed by atoms with E-state index in [9.17, 15) is 4.79 Å². The summed E-state index contributed by atoms with van der Waals surface area (Å²) in [6.45, 7) is 3.19. The summed E-state index contributed by atoms with van der Waals surface area (Å²) >= 11 is 1.34. The first-order valence-corrected chi connectivity index (χ1v) is 6.97. The standard InChI is InChI=1S/C12H15N5OS/c1-2-17-12(14-15-16-17)19-9-11(18)13-8-10-6-4-3-5-7-10/h3-7H,2,8-9H2,1H3,(H,13,18). The van der Waals surface area contributed by atoms with Crippen LogP contribution in [0.25, 0.3) is 0 Å². The van der Waals surface area contributed by atoms with E-state index >= 15 is 0 Å². The molecule has 0 aliphatic carbocycles. The minimum Gasteiger partial charge on any atom is -0.351 e. The molecule has 0 unspecified atom stereocenters. The monoisotopic (exact) mass is 277 g/mol. The Labute approximate surface area is 115 Å². The normalized spacial score (nSPS) is 10.4. The summed E-state index contributed by atoms with van der Waals surface area (Å²) in [6.07, 6.45) is 0. The van der Waals surface area contributed by atoms with E-state index in [4.69, 9.17) is 0 Å². The molecular weight excluding hydrogens is 262 g/mol. The van der Waals surface area contributed by atoms with Gasteiger partial charge in [-0.3, -0.25) is 4.79 Å². The molecule has 2 rings (SSSR count). The first kappa shape index (κ1) is 13.5. The average molecular weight is 277 g/mol. The topological polar surface area (TPSA) is 72.7 Å². The maximum Gasteiger partial charge on any atom is 0.230 e. The van der Waals surface area contributed by atoms with Gasteiger partial charge in [0.2, 0.25) is 11.1 Å². The molecule has 0 aliphatic rings. The predicted molar refractivity (Wildman–Crippen MR) is 72.5 cm³/mol. The molecule has 0 saturated carbocycles. The Bertz CT molecular complexity index is 528. The zero-order valence-electron chi connectivity index (χ0n) is 10.6. The van der Waals surface area contributed by atoms with Crippen molar-refractivity contribution in [3.05, 3.63) is 35.9 Å². The Morgan fingerprint density at radius 1 is 1.37 bits per heavy atom. The molecule has 1 aromatic heterocycles. The van der Waals surface area contributed by atoms with E-state index in [1.807, 2.05) is 37.3 Å². The van der Waals surface area contributed by atoms with Crippen molar-refractivity contribution in [2.75, 3.05) is 5.75 Å². The van der Waals surface area contributed by atoms with E-state index < -0.39 is 0 Å². The number of tetrazole rings is 1. The third kappa shape index (κ3) is 4.06. The molecule has 6 nitrogen and oxygen atoms in total. The summed E-state index contributed by atoms with van der Waals surface area (Å²) in [5, 5.41) is 14.8. The van der Waals surface area contributed by atoms with Crippen LogP contribution in [0.1, 0.15) is 12.5 Å². The van der Waals surface area contributed by atoms with Crippen LogP contribution in [-0.2, 0) is 17.9 Å². The van der Waals surface area contributed by atoms with Gasteiger partial charge in [-0.25, -0.2) is 4.68 Å². The number of amides is 1. The molecule has 2 aromatic rings. The van der Waals surface area contributed by atoms with Crippen LogP contribution in [0.2, 0.25) is 0 Å². The van der Waals surface area contributed by atoms with Crippen LogP contribution in [0.3, 0.4) is 0 Å². The first-order chi connectivity index (χ1) is 9.29. The highest BCUT2D eigenvalue weighted by Gasteiger charge is 2.08. The molecule has 1 amide bonds. The van der Waals surface area contributed by atoms with E-state index in [1.54, 1.807) is 4.68 Å². The number of benzene rings is 1. The van der Waals surface area contributed by atoms with Crippen LogP contribution in [0, 0.1) is 0 Å². The number of carbonyl (C=O) groups is 1.